The van der Waals surface area contributed by atoms with Crippen LogP contribution in [0.2, 0.25) is 10.1 Å². The summed E-state index contributed by atoms with van der Waals surface area (Å²) in [5.41, 5.74) is 5.35. The molecule has 2 aromatic heterocycles. The van der Waals surface area contributed by atoms with Gasteiger partial charge in [0.15, 0.2) is 5.65 Å². The molecular weight excluding hydrogens is 720 g/mol. The summed E-state index contributed by atoms with van der Waals surface area (Å²) in [6, 6.07) is 36.7. The number of fused-ring (bicyclic) bond motifs is 1. The van der Waals surface area contributed by atoms with E-state index in [1.54, 1.807) is 16.9 Å². The Labute approximate surface area is 330 Å². The Morgan fingerprint density at radius 2 is 1.55 bits per heavy atom. The minimum absolute atomic E-state index is 0.0402. The van der Waals surface area contributed by atoms with E-state index < -0.39 is 8.32 Å². The number of aromatic nitrogens is 3. The van der Waals surface area contributed by atoms with Crippen molar-refractivity contribution in [2.24, 2.45) is 0 Å². The maximum Gasteiger partial charge on any atom is 0.261 e. The Hall–Kier alpha value is -5.08. The van der Waals surface area contributed by atoms with Crippen LogP contribution in [-0.2, 0) is 11.0 Å². The number of imidazole rings is 1. The molecule has 1 saturated heterocycles. The van der Waals surface area contributed by atoms with Crippen LogP contribution in [0.4, 0.5) is 5.69 Å². The van der Waals surface area contributed by atoms with Crippen molar-refractivity contribution in [2.75, 3.05) is 44.6 Å². The van der Waals surface area contributed by atoms with Crippen LogP contribution in [0, 0.1) is 18.8 Å². The molecule has 7 rings (SSSR count). The quantitative estimate of drug-likeness (QED) is 0.119. The predicted molar refractivity (Wildman–Crippen MR) is 225 cm³/mol. The molecule has 0 saturated carbocycles. The Morgan fingerprint density at radius 1 is 0.855 bits per heavy atom. The van der Waals surface area contributed by atoms with Crippen molar-refractivity contribution in [3.63, 3.8) is 0 Å². The third kappa shape index (κ3) is 8.60. The predicted octanol–water partition coefficient (Wildman–Crippen LogP) is 7.04. The van der Waals surface area contributed by atoms with Gasteiger partial charge in [0, 0.05) is 73.9 Å². The molecule has 0 unspecified atom stereocenters. The van der Waals surface area contributed by atoms with Crippen LogP contribution < -0.4 is 15.7 Å². The van der Waals surface area contributed by atoms with Gasteiger partial charge in [-0.15, -0.1) is 0 Å². The minimum atomic E-state index is -2.55. The number of hydrogen-bond acceptors (Lipinski definition) is 6. The van der Waals surface area contributed by atoms with E-state index in [9.17, 15) is 4.79 Å². The highest BCUT2D eigenvalue weighted by atomic mass is 35.5. The zero-order valence-electron chi connectivity index (χ0n) is 31.9. The van der Waals surface area contributed by atoms with E-state index in [0.717, 1.165) is 61.6 Å². The van der Waals surface area contributed by atoms with Crippen LogP contribution >= 0.6 is 11.6 Å². The third-order valence-corrected chi connectivity index (χ3v) is 15.8. The van der Waals surface area contributed by atoms with Crippen molar-refractivity contribution >= 4 is 47.5 Å². The summed E-state index contributed by atoms with van der Waals surface area (Å²) in [4.78, 5) is 22.6. The number of amides is 1. The molecule has 0 aliphatic carbocycles. The number of rotatable bonds is 10. The van der Waals surface area contributed by atoms with E-state index in [1.165, 1.54) is 10.4 Å². The second-order valence-electron chi connectivity index (χ2n) is 15.1. The van der Waals surface area contributed by atoms with Crippen molar-refractivity contribution in [3.8, 4) is 11.8 Å². The number of benzene rings is 4. The number of carbonyl (C=O) groups excluding carboxylic acids is 1. The van der Waals surface area contributed by atoms with Gasteiger partial charge in [0.1, 0.15) is 5.69 Å². The summed E-state index contributed by atoms with van der Waals surface area (Å²) in [5.74, 6) is 6.12. The van der Waals surface area contributed by atoms with E-state index >= 15 is 0 Å². The van der Waals surface area contributed by atoms with Gasteiger partial charge >= 0.3 is 0 Å². The fourth-order valence-electron chi connectivity index (χ4n) is 7.40. The number of nitrogens with zero attached hydrogens (tertiary/aromatic N) is 5. The largest absolute Gasteiger partial charge is 0.406 e. The van der Waals surface area contributed by atoms with Crippen LogP contribution in [0.1, 0.15) is 53.5 Å². The first-order chi connectivity index (χ1) is 26.6. The van der Waals surface area contributed by atoms with Crippen molar-refractivity contribution in [1.82, 2.24) is 24.4 Å². The number of piperazine rings is 1. The highest BCUT2D eigenvalue weighted by Crippen LogP contribution is 2.36. The molecule has 1 aliphatic rings. The van der Waals surface area contributed by atoms with Crippen LogP contribution in [-0.4, -0.2) is 78.0 Å². The zero-order chi connectivity index (χ0) is 38.4. The van der Waals surface area contributed by atoms with Gasteiger partial charge in [0.05, 0.1) is 6.20 Å². The van der Waals surface area contributed by atoms with Crippen molar-refractivity contribution in [2.45, 2.75) is 39.3 Å². The van der Waals surface area contributed by atoms with Crippen molar-refractivity contribution < 1.29 is 9.22 Å². The van der Waals surface area contributed by atoms with E-state index in [4.69, 9.17) is 16.0 Å². The lowest BCUT2D eigenvalue weighted by Gasteiger charge is -2.43. The number of halogens is 1. The van der Waals surface area contributed by atoms with Crippen LogP contribution in [0.15, 0.2) is 122 Å². The normalized spacial score (nSPS) is 14.1. The number of anilines is 1. The minimum Gasteiger partial charge on any atom is -0.406 e. The Kier molecular flexibility index (Phi) is 11.6. The van der Waals surface area contributed by atoms with Crippen LogP contribution in [0.25, 0.3) is 5.65 Å². The number of carbonyl (C=O) groups is 1. The van der Waals surface area contributed by atoms with Crippen molar-refractivity contribution in [3.05, 3.63) is 155 Å². The van der Waals surface area contributed by atoms with Gasteiger partial charge in [-0.3, -0.25) is 14.6 Å². The zero-order valence-corrected chi connectivity index (χ0v) is 33.7. The van der Waals surface area contributed by atoms with Crippen LogP contribution in [0.3, 0.4) is 0 Å². The molecule has 0 bridgehead atoms. The fourth-order valence-corrected chi connectivity index (χ4v) is 12.2. The molecule has 0 spiro atoms. The molecule has 3 heterocycles. The molecule has 10 heteroatoms. The smallest absolute Gasteiger partial charge is 0.261 e. The Morgan fingerprint density at radius 3 is 2.22 bits per heavy atom. The standard InChI is InChI=1S/C45H47ClN6O2Si/c1-34-17-18-36(30-35(34)20-22-39-32-47-43-16-11-23-48-52(39)43)44(53)49-38-21-19-37(42(46)31-38)33-51-26-24-50(25-27-51)28-29-54-55(45(2,3)4,40-12-7-5-8-13-40)41-14-9-6-10-15-41/h5-19,21,23,30-32H,24-29,33H2,1-4H3,(H,49,53). The molecule has 1 N–H and O–H groups in total. The molecule has 55 heavy (non-hydrogen) atoms. The first-order valence-electron chi connectivity index (χ1n) is 18.8. The fraction of sp³-hybridized carbons (Fsp3) is 0.267. The van der Waals surface area contributed by atoms with Gasteiger partial charge in [0.25, 0.3) is 14.2 Å². The second kappa shape index (κ2) is 16.7. The van der Waals surface area contributed by atoms with Gasteiger partial charge in [-0.25, -0.2) is 9.50 Å². The van der Waals surface area contributed by atoms with Gasteiger partial charge in [-0.1, -0.05) is 111 Å². The van der Waals surface area contributed by atoms with Gasteiger partial charge in [-0.2, -0.15) is 5.10 Å². The van der Waals surface area contributed by atoms with Gasteiger partial charge < -0.3 is 9.74 Å². The molecule has 6 aromatic rings. The van der Waals surface area contributed by atoms with E-state index in [0.29, 0.717) is 28.6 Å². The maximum atomic E-state index is 13.3. The summed E-state index contributed by atoms with van der Waals surface area (Å²) in [6.45, 7) is 15.1. The SMILES string of the molecule is Cc1ccc(C(=O)Nc2ccc(CN3CCN(CCO[Si](c4ccccc4)(c4ccccc4)C(C)(C)C)CC3)c(Cl)c2)cc1C#Cc1cnc2cccnn12. The highest BCUT2D eigenvalue weighted by Gasteiger charge is 2.50. The average Bonchev–Trinajstić information content (AvgIpc) is 3.61. The lowest BCUT2D eigenvalue weighted by atomic mass is 10.0. The topological polar surface area (TPSA) is 75.0 Å². The molecular formula is C45H47ClN6O2Si. The molecule has 0 atom stereocenters. The average molecular weight is 767 g/mol. The molecule has 4 aromatic carbocycles. The Balaban J connectivity index is 0.931. The highest BCUT2D eigenvalue weighted by molar-refractivity contribution is 6.99. The van der Waals surface area contributed by atoms with E-state index in [1.807, 2.05) is 55.5 Å². The summed E-state index contributed by atoms with van der Waals surface area (Å²) in [5, 5.41) is 10.6. The first kappa shape index (κ1) is 38.2. The number of nitrogens with one attached hydrogen (secondary N) is 1. The first-order valence-corrected chi connectivity index (χ1v) is 21.1. The molecule has 1 amide bonds. The lowest BCUT2D eigenvalue weighted by Crippen LogP contribution is -2.67. The third-order valence-electron chi connectivity index (χ3n) is 10.4. The number of aryl methyl sites for hydroxylation is 1. The Bertz CT molecular complexity index is 2280. The molecule has 1 aliphatic heterocycles. The summed E-state index contributed by atoms with van der Waals surface area (Å²) in [6.07, 6.45) is 3.40. The molecule has 8 nitrogen and oxygen atoms in total. The van der Waals surface area contributed by atoms with E-state index in [-0.39, 0.29) is 10.9 Å². The maximum absolute atomic E-state index is 13.3. The summed E-state index contributed by atoms with van der Waals surface area (Å²) < 4.78 is 8.84. The monoisotopic (exact) mass is 766 g/mol. The molecule has 280 valence electrons. The lowest BCUT2D eigenvalue weighted by molar-refractivity contribution is 0.102. The summed E-state index contributed by atoms with van der Waals surface area (Å²) in [7, 11) is -2.55. The molecule has 0 radical (unpaired) electrons. The molecule has 1 fully saturated rings. The van der Waals surface area contributed by atoms with Crippen molar-refractivity contribution in [1.29, 1.82) is 0 Å². The van der Waals surface area contributed by atoms with E-state index in [2.05, 4.69) is 118 Å². The summed E-state index contributed by atoms with van der Waals surface area (Å²) >= 11 is 6.80. The van der Waals surface area contributed by atoms with Crippen LogP contribution in [0.5, 0.6) is 0 Å². The second-order valence-corrected chi connectivity index (χ2v) is 19.8. The van der Waals surface area contributed by atoms with Gasteiger partial charge in [-0.05, 0) is 75.8 Å². The number of hydrogen-bond donors (Lipinski definition) is 1. The van der Waals surface area contributed by atoms with Gasteiger partial charge in [0.2, 0.25) is 0 Å².